The second-order valence-corrected chi connectivity index (χ2v) is 29.0. The summed E-state index contributed by atoms with van der Waals surface area (Å²) < 4.78 is 0. The smallest absolute Gasteiger partial charge is 0.0837 e. The Labute approximate surface area is 485 Å². The molecule has 0 nitrogen and oxygen atoms in total. The Balaban J connectivity index is 0. The maximum absolute atomic E-state index is 3.08. The minimum atomic E-state index is -0.622. The molecule has 0 aromatic carbocycles. The SMILES string of the molecule is CCCCCCCCCCC(C)(CCCCCCCCCC)C(CCCCCCCCCC)(CCCCCCCCCC)C(CCCCCCCCCC)(CCCCCCCCCC)[PH+](CCCC)CCCC.[Br-]. The molecule has 448 valence electrons. The quantitative estimate of drug-likeness (QED) is 0.0421. The highest BCUT2D eigenvalue weighted by Crippen LogP contribution is 2.73. The van der Waals surface area contributed by atoms with Gasteiger partial charge in [0.2, 0.25) is 0 Å². The first kappa shape index (κ1) is 77.0. The van der Waals surface area contributed by atoms with Crippen LogP contribution in [0.5, 0.6) is 0 Å². The summed E-state index contributed by atoms with van der Waals surface area (Å²) in [7, 11) is -0.622. The van der Waals surface area contributed by atoms with Gasteiger partial charge in [0.15, 0.2) is 0 Å². The highest BCUT2D eigenvalue weighted by Gasteiger charge is 2.64. The Morgan fingerprint density at radius 1 is 0.203 bits per heavy atom. The number of hydrogen-bond donors (Lipinski definition) is 0. The third-order valence-electron chi connectivity index (χ3n) is 19.4. The van der Waals surface area contributed by atoms with Gasteiger partial charge >= 0.3 is 0 Å². The minimum Gasteiger partial charge on any atom is -1.00 e. The lowest BCUT2D eigenvalue weighted by Gasteiger charge is -2.61. The third kappa shape index (κ3) is 38.5. The van der Waals surface area contributed by atoms with Gasteiger partial charge in [-0.2, -0.15) is 0 Å². The van der Waals surface area contributed by atoms with E-state index in [0.29, 0.717) is 16.0 Å². The monoisotopic (exact) mass is 1120 g/mol. The van der Waals surface area contributed by atoms with Crippen LogP contribution in [0.25, 0.3) is 0 Å². The molecule has 0 bridgehead atoms. The van der Waals surface area contributed by atoms with Crippen LogP contribution >= 0.6 is 7.92 Å². The summed E-state index contributed by atoms with van der Waals surface area (Å²) in [4.78, 5) is 0. The van der Waals surface area contributed by atoms with Crippen LogP contribution in [0.4, 0.5) is 0 Å². The lowest BCUT2D eigenvalue weighted by Crippen LogP contribution is -3.00. The molecule has 0 aliphatic rings. The molecule has 0 amide bonds. The molecule has 0 rings (SSSR count). The largest absolute Gasteiger partial charge is 1.00 e. The normalized spacial score (nSPS) is 12.4. The average Bonchev–Trinajstić information content (AvgIpc) is 3.39. The van der Waals surface area contributed by atoms with Crippen LogP contribution in [-0.4, -0.2) is 17.5 Å². The van der Waals surface area contributed by atoms with Crippen molar-refractivity contribution in [1.29, 1.82) is 0 Å². The zero-order chi connectivity index (χ0) is 53.5. The van der Waals surface area contributed by atoms with Crippen LogP contribution in [0.3, 0.4) is 0 Å². The molecule has 0 radical (unpaired) electrons. The van der Waals surface area contributed by atoms with Gasteiger partial charge < -0.3 is 17.0 Å². The average molecular weight is 1120 g/mol. The molecular formula is C72H148BrP. The van der Waals surface area contributed by atoms with Crippen molar-refractivity contribution in [1.82, 2.24) is 0 Å². The van der Waals surface area contributed by atoms with E-state index in [9.17, 15) is 0 Å². The summed E-state index contributed by atoms with van der Waals surface area (Å²) in [5, 5.41) is 0.573. The fraction of sp³-hybridized carbons (Fsp3) is 1.00. The van der Waals surface area contributed by atoms with Gasteiger partial charge in [0.25, 0.3) is 0 Å². The first-order chi connectivity index (χ1) is 35.9. The lowest BCUT2D eigenvalue weighted by atomic mass is 9.49. The molecular weight excluding hydrogens is 976 g/mol. The van der Waals surface area contributed by atoms with E-state index in [2.05, 4.69) is 62.3 Å². The number of unbranched alkanes of at least 4 members (excludes halogenated alkanes) is 44. The van der Waals surface area contributed by atoms with Gasteiger partial charge in [0.1, 0.15) is 0 Å². The van der Waals surface area contributed by atoms with Gasteiger partial charge in [-0.25, -0.2) is 0 Å². The highest BCUT2D eigenvalue weighted by molar-refractivity contribution is 7.59. The van der Waals surface area contributed by atoms with Crippen LogP contribution < -0.4 is 17.0 Å². The Bertz CT molecular complexity index is 968. The fourth-order valence-corrected chi connectivity index (χ4v) is 19.7. The van der Waals surface area contributed by atoms with E-state index in [1.807, 2.05) is 0 Å². The molecule has 0 aliphatic heterocycles. The van der Waals surface area contributed by atoms with Gasteiger partial charge in [-0.15, -0.1) is 0 Å². The van der Waals surface area contributed by atoms with Crippen LogP contribution in [-0.2, 0) is 0 Å². The third-order valence-corrected chi connectivity index (χ3v) is 23.7. The topological polar surface area (TPSA) is 0 Å². The van der Waals surface area contributed by atoms with Crippen LogP contribution in [0.2, 0.25) is 0 Å². The van der Waals surface area contributed by atoms with Crippen molar-refractivity contribution < 1.29 is 17.0 Å². The maximum Gasteiger partial charge on any atom is 0.0837 e. The molecule has 0 N–H and O–H groups in total. The number of hydrogen-bond acceptors (Lipinski definition) is 0. The molecule has 0 spiro atoms. The van der Waals surface area contributed by atoms with E-state index in [1.54, 1.807) is 63.7 Å². The van der Waals surface area contributed by atoms with Crippen molar-refractivity contribution in [3.8, 4) is 0 Å². The van der Waals surface area contributed by atoms with E-state index >= 15 is 0 Å². The van der Waals surface area contributed by atoms with Crippen molar-refractivity contribution in [3.63, 3.8) is 0 Å². The molecule has 2 heteroatoms. The van der Waals surface area contributed by atoms with E-state index < -0.39 is 7.92 Å². The molecule has 0 heterocycles. The lowest BCUT2D eigenvalue weighted by molar-refractivity contribution is -0.0423. The molecule has 0 saturated heterocycles. The van der Waals surface area contributed by atoms with E-state index in [-0.39, 0.29) is 17.0 Å². The Kier molecular flexibility index (Phi) is 60.9. The molecule has 74 heavy (non-hydrogen) atoms. The zero-order valence-corrected chi connectivity index (χ0v) is 56.4. The standard InChI is InChI=1S/C72H147P.BrH/c1-10-18-26-32-38-44-50-56-62-70(9,63-57-51-45-39-33-27-19-11-2)71(64-58-52-46-40-34-28-20-12-3,65-59-53-47-41-35-29-21-13-4)72(73(68-24-16-7)69-25-17-8,66-60-54-48-42-36-30-22-14-5)67-61-55-49-43-37-31-23-15-6;/h10-69H2,1-9H3;1H. The fourth-order valence-electron chi connectivity index (χ4n) is 14.6. The molecule has 0 aromatic heterocycles. The van der Waals surface area contributed by atoms with Gasteiger partial charge in [-0.1, -0.05) is 371 Å². The van der Waals surface area contributed by atoms with Gasteiger partial charge in [0, 0.05) is 13.3 Å². The van der Waals surface area contributed by atoms with E-state index in [4.69, 9.17) is 0 Å². The highest BCUT2D eigenvalue weighted by atomic mass is 79.9. The van der Waals surface area contributed by atoms with Gasteiger partial charge in [0.05, 0.1) is 17.5 Å². The Morgan fingerprint density at radius 2 is 0.378 bits per heavy atom. The van der Waals surface area contributed by atoms with Crippen molar-refractivity contribution in [2.45, 2.75) is 440 Å². The molecule has 0 saturated carbocycles. The van der Waals surface area contributed by atoms with Crippen LogP contribution in [0.15, 0.2) is 0 Å². The predicted molar refractivity (Wildman–Crippen MR) is 344 cm³/mol. The van der Waals surface area contributed by atoms with E-state index in [1.165, 1.54) is 321 Å². The van der Waals surface area contributed by atoms with Gasteiger partial charge in [-0.05, 0) is 69.6 Å². The second-order valence-electron chi connectivity index (χ2n) is 25.9. The van der Waals surface area contributed by atoms with Crippen molar-refractivity contribution in [2.75, 3.05) is 12.3 Å². The van der Waals surface area contributed by atoms with Crippen molar-refractivity contribution >= 4 is 7.92 Å². The molecule has 0 atom stereocenters. The Morgan fingerprint density at radius 3 is 0.595 bits per heavy atom. The molecule has 0 aliphatic carbocycles. The van der Waals surface area contributed by atoms with Crippen molar-refractivity contribution in [2.24, 2.45) is 10.8 Å². The first-order valence-electron chi connectivity index (χ1n) is 35.7. The summed E-state index contributed by atoms with van der Waals surface area (Å²) >= 11 is 0. The Hall–Kier alpha value is 0.910. The summed E-state index contributed by atoms with van der Waals surface area (Å²) in [6.07, 6.45) is 89.2. The summed E-state index contributed by atoms with van der Waals surface area (Å²) in [5.74, 6) is 0. The van der Waals surface area contributed by atoms with Crippen molar-refractivity contribution in [3.05, 3.63) is 0 Å². The van der Waals surface area contributed by atoms with Crippen LogP contribution in [0, 0.1) is 10.8 Å². The predicted octanol–water partition coefficient (Wildman–Crippen LogP) is 24.7. The minimum absolute atomic E-state index is 0. The first-order valence-corrected chi connectivity index (χ1v) is 37.6. The number of rotatable bonds is 63. The molecule has 0 fully saturated rings. The molecule has 0 aromatic rings. The maximum atomic E-state index is 3.08. The van der Waals surface area contributed by atoms with Gasteiger partial charge in [-0.3, -0.25) is 0 Å². The number of halogens is 1. The molecule has 0 unspecified atom stereocenters. The zero-order valence-electron chi connectivity index (χ0n) is 53.8. The van der Waals surface area contributed by atoms with E-state index in [0.717, 1.165) is 0 Å². The summed E-state index contributed by atoms with van der Waals surface area (Å²) in [6.45, 7) is 22.6. The summed E-state index contributed by atoms with van der Waals surface area (Å²) in [5.41, 5.74) is 0.943. The van der Waals surface area contributed by atoms with Crippen LogP contribution in [0.1, 0.15) is 435 Å². The summed E-state index contributed by atoms with van der Waals surface area (Å²) in [6, 6.07) is 0. The second kappa shape index (κ2) is 58.6.